The molecule has 3 aromatic rings. The van der Waals surface area contributed by atoms with E-state index in [0.717, 1.165) is 23.2 Å². The molecule has 0 saturated carbocycles. The number of benzene rings is 2. The van der Waals surface area contributed by atoms with Crippen LogP contribution in [0.2, 0.25) is 0 Å². The topological polar surface area (TPSA) is 44.1 Å². The Bertz CT molecular complexity index is 943. The second-order valence-corrected chi connectivity index (χ2v) is 5.91. The number of aryl methyl sites for hydroxylation is 1. The minimum atomic E-state index is -0.422. The van der Waals surface area contributed by atoms with Gasteiger partial charge in [0, 0.05) is 25.4 Å². The highest BCUT2D eigenvalue weighted by Gasteiger charge is 2.13. The van der Waals surface area contributed by atoms with Crippen LogP contribution in [0.15, 0.2) is 61.1 Å². The highest BCUT2D eigenvalue weighted by Crippen LogP contribution is 2.26. The summed E-state index contributed by atoms with van der Waals surface area (Å²) in [7, 11) is 3.30. The summed E-state index contributed by atoms with van der Waals surface area (Å²) in [5.74, 6) is -0.740. The second kappa shape index (κ2) is 7.78. The van der Waals surface area contributed by atoms with Gasteiger partial charge in [-0.15, -0.1) is 0 Å². The van der Waals surface area contributed by atoms with Gasteiger partial charge >= 0.3 is 5.97 Å². The number of rotatable bonds is 5. The number of hydrogen-bond donors (Lipinski definition) is 0. The van der Waals surface area contributed by atoms with E-state index in [1.807, 2.05) is 42.1 Å². The van der Waals surface area contributed by atoms with E-state index in [-0.39, 0.29) is 5.82 Å². The Hall–Kier alpha value is -3.21. The van der Waals surface area contributed by atoms with Crippen molar-refractivity contribution in [2.45, 2.75) is 6.42 Å². The van der Waals surface area contributed by atoms with Gasteiger partial charge in [0.15, 0.2) is 0 Å². The van der Waals surface area contributed by atoms with Crippen molar-refractivity contribution in [1.29, 1.82) is 0 Å². The van der Waals surface area contributed by atoms with Gasteiger partial charge in [0.2, 0.25) is 0 Å². The third-order valence-corrected chi connectivity index (χ3v) is 4.16. The van der Waals surface area contributed by atoms with Crippen LogP contribution in [0.25, 0.3) is 17.2 Å². The Labute approximate surface area is 151 Å². The zero-order valence-corrected chi connectivity index (χ0v) is 14.6. The lowest BCUT2D eigenvalue weighted by Crippen LogP contribution is -2.03. The summed E-state index contributed by atoms with van der Waals surface area (Å²) in [5, 5.41) is 0. The van der Waals surface area contributed by atoms with Crippen LogP contribution >= 0.6 is 0 Å². The van der Waals surface area contributed by atoms with Crippen molar-refractivity contribution in [3.8, 4) is 11.1 Å². The number of nitrogens with zero attached hydrogens (tertiary/aromatic N) is 2. The standard InChI is InChI=1S/C21H19FN2O2/c1-24-14-23-13-18(24)5-3-4-15-6-11-19(21(25)26-2)20(12-15)16-7-9-17(22)10-8-16/h3-4,6-14H,5H2,1-2H3/b4-3+. The number of esters is 1. The third-order valence-electron chi connectivity index (χ3n) is 4.16. The SMILES string of the molecule is COC(=O)c1ccc(/C=C/Cc2cncn2C)cc1-c1ccc(F)cc1. The van der Waals surface area contributed by atoms with Crippen molar-refractivity contribution in [3.05, 3.63) is 83.7 Å². The molecule has 1 aromatic heterocycles. The van der Waals surface area contributed by atoms with E-state index in [1.54, 1.807) is 24.5 Å². The number of carbonyl (C=O) groups is 1. The summed E-state index contributed by atoms with van der Waals surface area (Å²) < 4.78 is 20.1. The Morgan fingerprint density at radius 3 is 2.65 bits per heavy atom. The van der Waals surface area contributed by atoms with E-state index < -0.39 is 5.97 Å². The smallest absolute Gasteiger partial charge is 0.338 e. The molecule has 0 radical (unpaired) electrons. The molecule has 0 unspecified atom stereocenters. The van der Waals surface area contributed by atoms with E-state index in [4.69, 9.17) is 4.74 Å². The monoisotopic (exact) mass is 350 g/mol. The fourth-order valence-electron chi connectivity index (χ4n) is 2.72. The Kier molecular flexibility index (Phi) is 5.27. The van der Waals surface area contributed by atoms with Crippen LogP contribution in [-0.4, -0.2) is 22.6 Å². The minimum Gasteiger partial charge on any atom is -0.465 e. The molecule has 0 atom stereocenters. The largest absolute Gasteiger partial charge is 0.465 e. The number of aromatic nitrogens is 2. The zero-order chi connectivity index (χ0) is 18.5. The molecule has 4 nitrogen and oxygen atoms in total. The van der Waals surface area contributed by atoms with Gasteiger partial charge in [-0.05, 0) is 41.0 Å². The maximum absolute atomic E-state index is 13.2. The first-order valence-corrected chi connectivity index (χ1v) is 8.18. The normalized spacial score (nSPS) is 11.0. The van der Waals surface area contributed by atoms with E-state index in [9.17, 15) is 9.18 Å². The van der Waals surface area contributed by atoms with Crippen molar-refractivity contribution in [1.82, 2.24) is 9.55 Å². The summed E-state index contributed by atoms with van der Waals surface area (Å²) in [5.41, 5.74) is 3.96. The predicted octanol–water partition coefficient (Wildman–Crippen LogP) is 4.27. The minimum absolute atomic E-state index is 0.319. The van der Waals surface area contributed by atoms with E-state index in [1.165, 1.54) is 19.2 Å². The fraction of sp³-hybridized carbons (Fsp3) is 0.143. The summed E-state index contributed by atoms with van der Waals surface area (Å²) >= 11 is 0. The summed E-state index contributed by atoms with van der Waals surface area (Å²) in [6.07, 6.45) is 8.37. The lowest BCUT2D eigenvalue weighted by Gasteiger charge is -2.10. The molecule has 0 aliphatic carbocycles. The Morgan fingerprint density at radius 2 is 2.00 bits per heavy atom. The Balaban J connectivity index is 1.92. The maximum Gasteiger partial charge on any atom is 0.338 e. The van der Waals surface area contributed by atoms with Gasteiger partial charge in [0.05, 0.1) is 19.0 Å². The molecular weight excluding hydrogens is 331 g/mol. The number of halogens is 1. The molecule has 132 valence electrons. The molecule has 0 fully saturated rings. The highest BCUT2D eigenvalue weighted by atomic mass is 19.1. The molecule has 26 heavy (non-hydrogen) atoms. The molecule has 2 aromatic carbocycles. The molecule has 5 heteroatoms. The van der Waals surface area contributed by atoms with Crippen LogP contribution < -0.4 is 0 Å². The average Bonchev–Trinajstić information content (AvgIpc) is 3.06. The quantitative estimate of drug-likeness (QED) is 0.646. The molecule has 0 saturated heterocycles. The van der Waals surface area contributed by atoms with Gasteiger partial charge in [-0.25, -0.2) is 14.2 Å². The first kappa shape index (κ1) is 17.6. The van der Waals surface area contributed by atoms with Gasteiger partial charge in [0.25, 0.3) is 0 Å². The van der Waals surface area contributed by atoms with Crippen LogP contribution in [-0.2, 0) is 18.2 Å². The maximum atomic E-state index is 13.2. The predicted molar refractivity (Wildman–Crippen MR) is 99.1 cm³/mol. The van der Waals surface area contributed by atoms with Gasteiger partial charge in [-0.2, -0.15) is 0 Å². The van der Waals surface area contributed by atoms with Gasteiger partial charge in [0.1, 0.15) is 5.82 Å². The van der Waals surface area contributed by atoms with E-state index in [2.05, 4.69) is 4.98 Å². The van der Waals surface area contributed by atoms with Crippen LogP contribution in [0, 0.1) is 5.82 Å². The summed E-state index contributed by atoms with van der Waals surface area (Å²) in [4.78, 5) is 16.2. The number of carbonyl (C=O) groups excluding carboxylic acids is 1. The van der Waals surface area contributed by atoms with Crippen molar-refractivity contribution in [2.75, 3.05) is 7.11 Å². The molecular formula is C21H19FN2O2. The first-order valence-electron chi connectivity index (χ1n) is 8.18. The van der Waals surface area contributed by atoms with Gasteiger partial charge in [-0.3, -0.25) is 0 Å². The van der Waals surface area contributed by atoms with Gasteiger partial charge in [-0.1, -0.05) is 30.4 Å². The molecule has 0 aliphatic rings. The van der Waals surface area contributed by atoms with Gasteiger partial charge < -0.3 is 9.30 Å². The number of hydrogen-bond acceptors (Lipinski definition) is 3. The number of methoxy groups -OCH3 is 1. The zero-order valence-electron chi connectivity index (χ0n) is 14.6. The van der Waals surface area contributed by atoms with Crippen LogP contribution in [0.1, 0.15) is 21.6 Å². The lowest BCUT2D eigenvalue weighted by molar-refractivity contribution is 0.0601. The fourth-order valence-corrected chi connectivity index (χ4v) is 2.72. The average molecular weight is 350 g/mol. The van der Waals surface area contributed by atoms with Crippen molar-refractivity contribution in [2.24, 2.45) is 7.05 Å². The third kappa shape index (κ3) is 3.88. The molecule has 1 heterocycles. The molecule has 0 amide bonds. The van der Waals surface area contributed by atoms with Crippen LogP contribution in [0.5, 0.6) is 0 Å². The Morgan fingerprint density at radius 1 is 1.23 bits per heavy atom. The molecule has 0 N–H and O–H groups in total. The van der Waals surface area contributed by atoms with Crippen LogP contribution in [0.4, 0.5) is 4.39 Å². The second-order valence-electron chi connectivity index (χ2n) is 5.91. The molecule has 0 bridgehead atoms. The lowest BCUT2D eigenvalue weighted by atomic mass is 9.97. The number of imidazole rings is 1. The highest BCUT2D eigenvalue weighted by molar-refractivity contribution is 5.97. The molecule has 0 aliphatic heterocycles. The number of ether oxygens (including phenoxy) is 1. The van der Waals surface area contributed by atoms with Crippen LogP contribution in [0.3, 0.4) is 0 Å². The van der Waals surface area contributed by atoms with Crippen molar-refractivity contribution < 1.29 is 13.9 Å². The van der Waals surface area contributed by atoms with E-state index >= 15 is 0 Å². The first-order chi connectivity index (χ1) is 12.6. The van der Waals surface area contributed by atoms with Crippen molar-refractivity contribution in [3.63, 3.8) is 0 Å². The molecule has 0 spiro atoms. The van der Waals surface area contributed by atoms with Crippen molar-refractivity contribution >= 4 is 12.0 Å². The number of allylic oxidation sites excluding steroid dienone is 1. The molecule has 3 rings (SSSR count). The van der Waals surface area contributed by atoms with E-state index in [0.29, 0.717) is 11.1 Å². The summed E-state index contributed by atoms with van der Waals surface area (Å²) in [6, 6.07) is 11.6. The summed E-state index contributed by atoms with van der Waals surface area (Å²) in [6.45, 7) is 0.